The zero-order valence-electron chi connectivity index (χ0n) is 13.4. The Kier molecular flexibility index (Phi) is 5.01. The van der Waals surface area contributed by atoms with Gasteiger partial charge in [0.25, 0.3) is 0 Å². The molecule has 0 saturated carbocycles. The van der Waals surface area contributed by atoms with E-state index in [-0.39, 0.29) is 29.8 Å². The third-order valence-electron chi connectivity index (χ3n) is 4.62. The maximum atomic E-state index is 13.0. The molecule has 130 valence electrons. The van der Waals surface area contributed by atoms with Crippen LogP contribution in [0, 0.1) is 11.7 Å². The van der Waals surface area contributed by atoms with Crippen molar-refractivity contribution in [1.29, 1.82) is 0 Å². The van der Waals surface area contributed by atoms with E-state index in [1.54, 1.807) is 4.90 Å². The van der Waals surface area contributed by atoms with Gasteiger partial charge in [-0.25, -0.2) is 12.8 Å². The lowest BCUT2D eigenvalue weighted by molar-refractivity contribution is -0.137. The molecule has 1 aromatic carbocycles. The molecule has 1 aromatic rings. The van der Waals surface area contributed by atoms with Crippen molar-refractivity contribution in [2.75, 3.05) is 26.2 Å². The van der Waals surface area contributed by atoms with Gasteiger partial charge in [0.2, 0.25) is 15.9 Å². The molecule has 1 fully saturated rings. The molecular formula is C17H21FN2O3S. The van der Waals surface area contributed by atoms with Crippen LogP contribution in [0.3, 0.4) is 0 Å². The highest BCUT2D eigenvalue weighted by atomic mass is 32.2. The smallest absolute Gasteiger partial charge is 0.243 e. The zero-order chi connectivity index (χ0) is 17.2. The number of benzene rings is 1. The molecule has 24 heavy (non-hydrogen) atoms. The summed E-state index contributed by atoms with van der Waals surface area (Å²) in [6, 6.07) is 4.83. The van der Waals surface area contributed by atoms with Crippen molar-refractivity contribution in [3.8, 4) is 0 Å². The van der Waals surface area contributed by atoms with E-state index in [2.05, 4.69) is 6.08 Å². The first-order chi connectivity index (χ1) is 11.5. The highest BCUT2D eigenvalue weighted by Gasteiger charge is 2.32. The maximum Gasteiger partial charge on any atom is 0.243 e. The lowest BCUT2D eigenvalue weighted by Gasteiger charge is -2.36. The number of piperazine rings is 1. The first-order valence-corrected chi connectivity index (χ1v) is 9.62. The van der Waals surface area contributed by atoms with Crippen molar-refractivity contribution in [1.82, 2.24) is 9.21 Å². The number of allylic oxidation sites excluding steroid dienone is 2. The molecule has 1 heterocycles. The minimum atomic E-state index is -3.64. The third-order valence-corrected chi connectivity index (χ3v) is 6.53. The molecule has 1 aliphatic heterocycles. The first kappa shape index (κ1) is 17.1. The summed E-state index contributed by atoms with van der Waals surface area (Å²) < 4.78 is 39.5. The number of nitrogens with zero attached hydrogens (tertiary/aromatic N) is 2. The molecule has 0 aromatic heterocycles. The number of halogens is 1. The summed E-state index contributed by atoms with van der Waals surface area (Å²) in [6.07, 6.45) is 6.70. The molecule has 2 aliphatic rings. The van der Waals surface area contributed by atoms with Crippen LogP contribution >= 0.6 is 0 Å². The van der Waals surface area contributed by atoms with E-state index in [0.717, 1.165) is 31.4 Å². The highest BCUT2D eigenvalue weighted by Crippen LogP contribution is 2.23. The fourth-order valence-electron chi connectivity index (χ4n) is 3.18. The van der Waals surface area contributed by atoms with Gasteiger partial charge in [-0.15, -0.1) is 0 Å². The molecule has 0 N–H and O–H groups in total. The SMILES string of the molecule is O=C([C@H]1CC=CCC1)N1CCN(S(=O)(=O)c2ccc(F)cc2)CC1. The van der Waals surface area contributed by atoms with E-state index in [1.807, 2.05) is 6.08 Å². The van der Waals surface area contributed by atoms with E-state index in [9.17, 15) is 17.6 Å². The second kappa shape index (κ2) is 7.03. The Morgan fingerprint density at radius 3 is 2.29 bits per heavy atom. The van der Waals surface area contributed by atoms with E-state index in [1.165, 1.54) is 16.4 Å². The normalized spacial score (nSPS) is 22.5. The number of hydrogen-bond donors (Lipinski definition) is 0. The average molecular weight is 352 g/mol. The van der Waals surface area contributed by atoms with Crippen LogP contribution in [-0.2, 0) is 14.8 Å². The van der Waals surface area contributed by atoms with Gasteiger partial charge >= 0.3 is 0 Å². The second-order valence-corrected chi connectivity index (χ2v) is 8.10. The lowest BCUT2D eigenvalue weighted by atomic mass is 9.93. The summed E-state index contributed by atoms with van der Waals surface area (Å²) in [6.45, 7) is 1.35. The lowest BCUT2D eigenvalue weighted by Crippen LogP contribution is -2.51. The number of hydrogen-bond acceptors (Lipinski definition) is 3. The van der Waals surface area contributed by atoms with Crippen LogP contribution in [0.4, 0.5) is 4.39 Å². The van der Waals surface area contributed by atoms with Gasteiger partial charge in [0, 0.05) is 32.1 Å². The van der Waals surface area contributed by atoms with Crippen molar-refractivity contribution < 1.29 is 17.6 Å². The Labute approximate surface area is 141 Å². The summed E-state index contributed by atoms with van der Waals surface area (Å²) in [5.41, 5.74) is 0. The van der Waals surface area contributed by atoms with Crippen LogP contribution in [0.2, 0.25) is 0 Å². The number of carbonyl (C=O) groups excluding carboxylic acids is 1. The molecule has 0 unspecified atom stereocenters. The van der Waals surface area contributed by atoms with Crippen molar-refractivity contribution in [3.63, 3.8) is 0 Å². The molecule has 0 radical (unpaired) electrons. The molecule has 3 rings (SSSR count). The van der Waals surface area contributed by atoms with Gasteiger partial charge in [-0.2, -0.15) is 4.31 Å². The Morgan fingerprint density at radius 1 is 1.04 bits per heavy atom. The van der Waals surface area contributed by atoms with Crippen LogP contribution in [0.1, 0.15) is 19.3 Å². The van der Waals surface area contributed by atoms with Crippen LogP contribution in [0.25, 0.3) is 0 Å². The number of carbonyl (C=O) groups is 1. The van der Waals surface area contributed by atoms with Gasteiger partial charge in [0.05, 0.1) is 4.90 Å². The standard InChI is InChI=1S/C17H21FN2O3S/c18-15-6-8-16(9-7-15)24(22,23)20-12-10-19(11-13-20)17(21)14-4-2-1-3-5-14/h1-2,6-9,14H,3-5,10-13H2/t14-/m0/s1. The molecule has 1 saturated heterocycles. The quantitative estimate of drug-likeness (QED) is 0.782. The van der Waals surface area contributed by atoms with E-state index < -0.39 is 15.8 Å². The van der Waals surface area contributed by atoms with Gasteiger partial charge in [0.15, 0.2) is 0 Å². The molecule has 0 spiro atoms. The average Bonchev–Trinajstić information content (AvgIpc) is 2.62. The Bertz CT molecular complexity index is 723. The topological polar surface area (TPSA) is 57.7 Å². The fraction of sp³-hybridized carbons (Fsp3) is 0.471. The predicted octanol–water partition coefficient (Wildman–Crippen LogP) is 2.01. The van der Waals surface area contributed by atoms with Gasteiger partial charge in [-0.05, 0) is 43.5 Å². The molecular weight excluding hydrogens is 331 g/mol. The van der Waals surface area contributed by atoms with Crippen molar-refractivity contribution >= 4 is 15.9 Å². The second-order valence-electron chi connectivity index (χ2n) is 6.16. The first-order valence-electron chi connectivity index (χ1n) is 8.18. The number of sulfonamides is 1. The summed E-state index contributed by atoms with van der Waals surface area (Å²) in [4.78, 5) is 14.3. The van der Waals surface area contributed by atoms with Crippen LogP contribution in [0.15, 0.2) is 41.3 Å². The fourth-order valence-corrected chi connectivity index (χ4v) is 4.60. The molecule has 1 aliphatic carbocycles. The summed E-state index contributed by atoms with van der Waals surface area (Å²) in [5, 5.41) is 0. The Hall–Kier alpha value is -1.73. The van der Waals surface area contributed by atoms with Crippen LogP contribution in [0.5, 0.6) is 0 Å². The van der Waals surface area contributed by atoms with Crippen LogP contribution < -0.4 is 0 Å². The van der Waals surface area contributed by atoms with E-state index in [4.69, 9.17) is 0 Å². The predicted molar refractivity (Wildman–Crippen MR) is 88.2 cm³/mol. The molecule has 1 amide bonds. The molecule has 1 atom stereocenters. The van der Waals surface area contributed by atoms with Crippen LogP contribution in [-0.4, -0.2) is 49.7 Å². The minimum Gasteiger partial charge on any atom is -0.340 e. The highest BCUT2D eigenvalue weighted by molar-refractivity contribution is 7.89. The Balaban J connectivity index is 1.63. The van der Waals surface area contributed by atoms with E-state index >= 15 is 0 Å². The summed E-state index contributed by atoms with van der Waals surface area (Å²) in [7, 11) is -3.64. The van der Waals surface area contributed by atoms with Crippen molar-refractivity contribution in [3.05, 3.63) is 42.2 Å². The van der Waals surface area contributed by atoms with Gasteiger partial charge < -0.3 is 4.90 Å². The minimum absolute atomic E-state index is 0.0234. The third kappa shape index (κ3) is 3.52. The summed E-state index contributed by atoms with van der Waals surface area (Å²) >= 11 is 0. The zero-order valence-corrected chi connectivity index (χ0v) is 14.2. The van der Waals surface area contributed by atoms with Gasteiger partial charge in [0.1, 0.15) is 5.82 Å². The molecule has 0 bridgehead atoms. The Morgan fingerprint density at radius 2 is 1.71 bits per heavy atom. The maximum absolute atomic E-state index is 13.0. The largest absolute Gasteiger partial charge is 0.340 e. The molecule has 7 heteroatoms. The van der Waals surface area contributed by atoms with Crippen molar-refractivity contribution in [2.45, 2.75) is 24.2 Å². The number of rotatable bonds is 3. The number of amides is 1. The van der Waals surface area contributed by atoms with Gasteiger partial charge in [-0.3, -0.25) is 4.79 Å². The molecule has 5 nitrogen and oxygen atoms in total. The monoisotopic (exact) mass is 352 g/mol. The summed E-state index contributed by atoms with van der Waals surface area (Å²) in [5.74, 6) is -0.320. The van der Waals surface area contributed by atoms with Gasteiger partial charge in [-0.1, -0.05) is 12.2 Å². The van der Waals surface area contributed by atoms with Crippen molar-refractivity contribution in [2.24, 2.45) is 5.92 Å². The van der Waals surface area contributed by atoms with E-state index in [0.29, 0.717) is 13.1 Å².